The van der Waals surface area contributed by atoms with Crippen molar-refractivity contribution < 1.29 is 14.3 Å². The minimum absolute atomic E-state index is 0.120. The molecule has 0 aromatic heterocycles. The maximum absolute atomic E-state index is 11.7. The number of carbonyl (C=O) groups is 2. The van der Waals surface area contributed by atoms with Crippen LogP contribution in [0.2, 0.25) is 0 Å². The Morgan fingerprint density at radius 2 is 1.88 bits per heavy atom. The van der Waals surface area contributed by atoms with E-state index in [1.807, 2.05) is 12.1 Å². The van der Waals surface area contributed by atoms with E-state index in [0.29, 0.717) is 0 Å². The third-order valence-corrected chi connectivity index (χ3v) is 2.90. The lowest BCUT2D eigenvalue weighted by Crippen LogP contribution is -2.25. The number of benzene rings is 1. The summed E-state index contributed by atoms with van der Waals surface area (Å²) in [4.78, 5) is 24.3. The number of carbonyl (C=O) groups excluding carboxylic acids is 2. The predicted molar refractivity (Wildman–Crippen MR) is 58.1 cm³/mol. The highest BCUT2D eigenvalue weighted by Gasteiger charge is 2.36. The van der Waals surface area contributed by atoms with Gasteiger partial charge in [0.1, 0.15) is 5.75 Å². The van der Waals surface area contributed by atoms with Gasteiger partial charge in [0.05, 0.1) is 13.0 Å². The smallest absolute Gasteiger partial charge is 0.236 e. The molecule has 16 heavy (non-hydrogen) atoms. The van der Waals surface area contributed by atoms with Crippen molar-refractivity contribution in [3.63, 3.8) is 0 Å². The molecule has 4 heteroatoms. The molecule has 2 amide bonds. The molecule has 1 aromatic carbocycles. The van der Waals surface area contributed by atoms with Gasteiger partial charge in [0.25, 0.3) is 0 Å². The van der Waals surface area contributed by atoms with Crippen molar-refractivity contribution in [3.8, 4) is 5.75 Å². The van der Waals surface area contributed by atoms with E-state index < -0.39 is 0 Å². The lowest BCUT2D eigenvalue weighted by atomic mass is 9.97. The van der Waals surface area contributed by atoms with E-state index >= 15 is 0 Å². The summed E-state index contributed by atoms with van der Waals surface area (Å²) in [5, 5.41) is 0. The van der Waals surface area contributed by atoms with Crippen LogP contribution in [0.15, 0.2) is 24.3 Å². The Kier molecular flexibility index (Phi) is 2.64. The SMILES string of the molecule is COc1ccc([C@H]2CC(=O)N(C)C2=O)cc1. The van der Waals surface area contributed by atoms with E-state index in [1.165, 1.54) is 11.9 Å². The maximum Gasteiger partial charge on any atom is 0.236 e. The van der Waals surface area contributed by atoms with Gasteiger partial charge in [-0.2, -0.15) is 0 Å². The number of hydrogen-bond acceptors (Lipinski definition) is 3. The van der Waals surface area contributed by atoms with E-state index in [2.05, 4.69) is 0 Å². The van der Waals surface area contributed by atoms with E-state index in [9.17, 15) is 9.59 Å². The standard InChI is InChI=1S/C12H13NO3/c1-13-11(14)7-10(12(13)15)8-3-5-9(16-2)6-4-8/h3-6,10H,7H2,1-2H3/t10-/m1/s1. The molecule has 1 aliphatic rings. The van der Waals surface area contributed by atoms with Crippen LogP contribution in [0, 0.1) is 0 Å². The minimum atomic E-state index is -0.330. The van der Waals surface area contributed by atoms with Crippen LogP contribution in [0.5, 0.6) is 5.75 Å². The Labute approximate surface area is 93.8 Å². The van der Waals surface area contributed by atoms with Crippen LogP contribution in [-0.2, 0) is 9.59 Å². The zero-order valence-electron chi connectivity index (χ0n) is 9.27. The van der Waals surface area contributed by atoms with Crippen LogP contribution < -0.4 is 4.74 Å². The molecule has 0 unspecified atom stereocenters. The van der Waals surface area contributed by atoms with Crippen LogP contribution in [0.1, 0.15) is 17.9 Å². The molecule has 0 saturated carbocycles. The summed E-state index contributed by atoms with van der Waals surface area (Å²) < 4.78 is 5.04. The zero-order chi connectivity index (χ0) is 11.7. The van der Waals surface area contributed by atoms with Crippen molar-refractivity contribution in [1.29, 1.82) is 0 Å². The van der Waals surface area contributed by atoms with E-state index in [4.69, 9.17) is 4.74 Å². The summed E-state index contributed by atoms with van der Waals surface area (Å²) in [6, 6.07) is 7.25. The van der Waals surface area contributed by atoms with Gasteiger partial charge in [-0.1, -0.05) is 12.1 Å². The maximum atomic E-state index is 11.7. The Morgan fingerprint density at radius 1 is 1.25 bits per heavy atom. The fraction of sp³-hybridized carbons (Fsp3) is 0.333. The molecule has 1 aromatic rings. The van der Waals surface area contributed by atoms with Gasteiger partial charge in [-0.05, 0) is 17.7 Å². The van der Waals surface area contributed by atoms with Crippen LogP contribution in [0.25, 0.3) is 0 Å². The highest BCUT2D eigenvalue weighted by molar-refractivity contribution is 6.05. The molecule has 1 saturated heterocycles. The normalized spacial score (nSPS) is 20.4. The lowest BCUT2D eigenvalue weighted by Gasteiger charge is -2.09. The predicted octanol–water partition coefficient (Wildman–Crippen LogP) is 1.17. The van der Waals surface area contributed by atoms with Gasteiger partial charge < -0.3 is 4.74 Å². The van der Waals surface area contributed by atoms with Crippen molar-refractivity contribution in [2.24, 2.45) is 0 Å². The van der Waals surface area contributed by atoms with Crippen molar-refractivity contribution >= 4 is 11.8 Å². The van der Waals surface area contributed by atoms with Crippen molar-refractivity contribution in [3.05, 3.63) is 29.8 Å². The van der Waals surface area contributed by atoms with Gasteiger partial charge in [-0.25, -0.2) is 0 Å². The van der Waals surface area contributed by atoms with Gasteiger partial charge in [-0.15, -0.1) is 0 Å². The summed E-state index contributed by atoms with van der Waals surface area (Å²) in [6.45, 7) is 0. The number of likely N-dealkylation sites (N-methyl/N-ethyl adjacent to an activating group) is 1. The van der Waals surface area contributed by atoms with Crippen LogP contribution in [0.3, 0.4) is 0 Å². The molecule has 84 valence electrons. The molecule has 0 aliphatic carbocycles. The summed E-state index contributed by atoms with van der Waals surface area (Å²) in [5.74, 6) is 0.165. The van der Waals surface area contributed by atoms with Crippen LogP contribution >= 0.6 is 0 Å². The minimum Gasteiger partial charge on any atom is -0.497 e. The third-order valence-electron chi connectivity index (χ3n) is 2.90. The van der Waals surface area contributed by atoms with E-state index in [-0.39, 0.29) is 24.2 Å². The second kappa shape index (κ2) is 3.96. The summed E-state index contributed by atoms with van der Waals surface area (Å²) in [5.41, 5.74) is 0.864. The zero-order valence-corrected chi connectivity index (χ0v) is 9.27. The highest BCUT2D eigenvalue weighted by atomic mass is 16.5. The van der Waals surface area contributed by atoms with Crippen molar-refractivity contribution in [2.75, 3.05) is 14.2 Å². The molecule has 0 radical (unpaired) electrons. The molecule has 1 atom stereocenters. The van der Waals surface area contributed by atoms with Crippen LogP contribution in [-0.4, -0.2) is 30.9 Å². The monoisotopic (exact) mass is 219 g/mol. The van der Waals surface area contributed by atoms with Crippen LogP contribution in [0.4, 0.5) is 0 Å². The second-order valence-electron chi connectivity index (χ2n) is 3.82. The fourth-order valence-corrected chi connectivity index (χ4v) is 1.85. The average Bonchev–Trinajstić information content (AvgIpc) is 2.57. The molecule has 2 rings (SSSR count). The molecule has 0 spiro atoms. The van der Waals surface area contributed by atoms with Gasteiger partial charge >= 0.3 is 0 Å². The first-order valence-electron chi connectivity index (χ1n) is 5.08. The van der Waals surface area contributed by atoms with Crippen molar-refractivity contribution in [1.82, 2.24) is 4.90 Å². The number of nitrogens with zero attached hydrogens (tertiary/aromatic N) is 1. The van der Waals surface area contributed by atoms with Crippen molar-refractivity contribution in [2.45, 2.75) is 12.3 Å². The number of amides is 2. The van der Waals surface area contributed by atoms with E-state index in [1.54, 1.807) is 19.2 Å². The van der Waals surface area contributed by atoms with Gasteiger partial charge in [0.15, 0.2) is 0 Å². The molecule has 1 fully saturated rings. The lowest BCUT2D eigenvalue weighted by molar-refractivity contribution is -0.137. The first kappa shape index (κ1) is 10.7. The Hall–Kier alpha value is -1.84. The number of likely N-dealkylation sites (tertiary alicyclic amines) is 1. The Bertz CT molecular complexity index is 424. The Morgan fingerprint density at radius 3 is 2.31 bits per heavy atom. The number of hydrogen-bond donors (Lipinski definition) is 0. The van der Waals surface area contributed by atoms with Gasteiger partial charge in [0.2, 0.25) is 11.8 Å². The summed E-state index contributed by atoms with van der Waals surface area (Å²) >= 11 is 0. The topological polar surface area (TPSA) is 46.6 Å². The molecule has 1 heterocycles. The summed E-state index contributed by atoms with van der Waals surface area (Å²) in [7, 11) is 3.11. The molecule has 4 nitrogen and oxygen atoms in total. The molecule has 0 N–H and O–H groups in total. The quantitative estimate of drug-likeness (QED) is 0.701. The average molecular weight is 219 g/mol. The second-order valence-corrected chi connectivity index (χ2v) is 3.82. The highest BCUT2D eigenvalue weighted by Crippen LogP contribution is 2.29. The molecular formula is C12H13NO3. The Balaban J connectivity index is 2.25. The molecule has 0 bridgehead atoms. The largest absolute Gasteiger partial charge is 0.497 e. The third kappa shape index (κ3) is 1.66. The first-order chi connectivity index (χ1) is 7.63. The summed E-state index contributed by atoms with van der Waals surface area (Å²) in [6.07, 6.45) is 0.266. The number of methoxy groups -OCH3 is 1. The molecule has 1 aliphatic heterocycles. The van der Waals surface area contributed by atoms with E-state index in [0.717, 1.165) is 11.3 Å². The fourth-order valence-electron chi connectivity index (χ4n) is 1.85. The number of rotatable bonds is 2. The van der Waals surface area contributed by atoms with Gasteiger partial charge in [0, 0.05) is 13.5 Å². The first-order valence-corrected chi connectivity index (χ1v) is 5.08. The molecular weight excluding hydrogens is 206 g/mol. The number of ether oxygens (including phenoxy) is 1. The van der Waals surface area contributed by atoms with Gasteiger partial charge in [-0.3, -0.25) is 14.5 Å². The number of imide groups is 1.